The van der Waals surface area contributed by atoms with Gasteiger partial charge in [0.25, 0.3) is 0 Å². The van der Waals surface area contributed by atoms with Gasteiger partial charge in [0.15, 0.2) is 5.82 Å². The average Bonchev–Trinajstić information content (AvgIpc) is 3.03. The highest BCUT2D eigenvalue weighted by Gasteiger charge is 2.16. The first-order chi connectivity index (χ1) is 13.6. The van der Waals surface area contributed by atoms with Gasteiger partial charge in [-0.15, -0.1) is 0 Å². The molecule has 0 radical (unpaired) electrons. The van der Waals surface area contributed by atoms with Crippen LogP contribution >= 0.6 is 0 Å². The molecule has 1 aliphatic rings. The highest BCUT2D eigenvalue weighted by Crippen LogP contribution is 2.23. The number of β-amino-alcohol motifs (C(OH)–C–C–N with tert-alkyl or cyclic N) is 1. The number of aliphatic hydroxyl groups excluding tert-OH is 1. The van der Waals surface area contributed by atoms with Crippen molar-refractivity contribution in [2.75, 3.05) is 44.6 Å². The predicted molar refractivity (Wildman–Crippen MR) is 115 cm³/mol. The number of nitrogens with one attached hydrogen (secondary N) is 2. The van der Waals surface area contributed by atoms with Crippen molar-refractivity contribution in [3.05, 3.63) is 46.8 Å². The number of nitrogens with zero attached hydrogens (tertiary/aromatic N) is 4. The minimum Gasteiger partial charge on any atom is -0.395 e. The Balaban J connectivity index is 1.61. The predicted octanol–water partition coefficient (Wildman–Crippen LogP) is 2.63. The van der Waals surface area contributed by atoms with Gasteiger partial charge in [-0.25, -0.2) is 4.99 Å². The number of aromatic amines is 1. The van der Waals surface area contributed by atoms with Crippen molar-refractivity contribution in [2.45, 2.75) is 20.4 Å². The molecule has 0 aliphatic carbocycles. The minimum atomic E-state index is 0.239. The molecule has 1 fully saturated rings. The third-order valence-electron chi connectivity index (χ3n) is 5.04. The van der Waals surface area contributed by atoms with Crippen LogP contribution in [0.1, 0.15) is 23.7 Å². The highest BCUT2D eigenvalue weighted by molar-refractivity contribution is 5.68. The van der Waals surface area contributed by atoms with Crippen LogP contribution in [0.2, 0.25) is 0 Å². The van der Waals surface area contributed by atoms with E-state index in [0.29, 0.717) is 5.82 Å². The first-order valence-electron chi connectivity index (χ1n) is 9.70. The number of rotatable bonds is 8. The Morgan fingerprint density at radius 3 is 2.79 bits per heavy atom. The lowest BCUT2D eigenvalue weighted by Crippen LogP contribution is -2.46. The lowest BCUT2D eigenvalue weighted by atomic mass is 10.1. The maximum absolute atomic E-state index is 9.07. The number of hydrogen-bond donors (Lipinski definition) is 3. The molecule has 7 heteroatoms. The number of piperazine rings is 1. The van der Waals surface area contributed by atoms with E-state index in [0.717, 1.165) is 61.9 Å². The molecule has 2 heterocycles. The zero-order valence-corrected chi connectivity index (χ0v) is 16.8. The van der Waals surface area contributed by atoms with Crippen molar-refractivity contribution in [2.24, 2.45) is 4.99 Å². The molecule has 1 aromatic heterocycles. The van der Waals surface area contributed by atoms with Gasteiger partial charge in [-0.05, 0) is 44.3 Å². The molecule has 1 saturated heterocycles. The van der Waals surface area contributed by atoms with Crippen molar-refractivity contribution >= 4 is 24.3 Å². The van der Waals surface area contributed by atoms with Crippen LogP contribution in [0.15, 0.2) is 35.0 Å². The van der Waals surface area contributed by atoms with Crippen molar-refractivity contribution in [1.29, 1.82) is 0 Å². The standard InChI is InChI=1S/C21H30N6O/c1-16(13-20-17(2)24-25-21(20)22-3)23-19-6-4-5-18(14-19)15-27-9-7-26(8-10-27)11-12-28/h4-6,13-14,23,28H,3,7-12,15H2,1-2H3,(H,24,25)/b16-13+. The van der Waals surface area contributed by atoms with Crippen LogP contribution in [0.5, 0.6) is 0 Å². The lowest BCUT2D eigenvalue weighted by Gasteiger charge is -2.34. The van der Waals surface area contributed by atoms with E-state index in [1.807, 2.05) is 19.9 Å². The second-order valence-electron chi connectivity index (χ2n) is 7.24. The van der Waals surface area contributed by atoms with Crippen LogP contribution in [0.3, 0.4) is 0 Å². The van der Waals surface area contributed by atoms with Crippen LogP contribution in [-0.2, 0) is 6.54 Å². The van der Waals surface area contributed by atoms with Crippen LogP contribution in [-0.4, -0.2) is 71.2 Å². The summed E-state index contributed by atoms with van der Waals surface area (Å²) in [6.07, 6.45) is 2.04. The minimum absolute atomic E-state index is 0.239. The van der Waals surface area contributed by atoms with Gasteiger partial charge in [0.2, 0.25) is 0 Å². The summed E-state index contributed by atoms with van der Waals surface area (Å²) in [5.41, 5.74) is 5.31. The molecule has 3 rings (SSSR count). The summed E-state index contributed by atoms with van der Waals surface area (Å²) in [6.45, 7) is 13.6. The fourth-order valence-electron chi connectivity index (χ4n) is 3.52. The quantitative estimate of drug-likeness (QED) is 0.612. The Hall–Kier alpha value is -2.48. The van der Waals surface area contributed by atoms with E-state index in [9.17, 15) is 0 Å². The molecular weight excluding hydrogens is 352 g/mol. The van der Waals surface area contributed by atoms with E-state index >= 15 is 0 Å². The molecule has 7 nitrogen and oxygen atoms in total. The van der Waals surface area contributed by atoms with Crippen LogP contribution in [0, 0.1) is 6.92 Å². The smallest absolute Gasteiger partial charge is 0.180 e. The Labute approximate surface area is 166 Å². The Kier molecular flexibility index (Phi) is 6.97. The zero-order chi connectivity index (χ0) is 19.9. The number of benzene rings is 1. The number of anilines is 1. The number of aromatic nitrogens is 2. The summed E-state index contributed by atoms with van der Waals surface area (Å²) in [5, 5.41) is 19.6. The monoisotopic (exact) mass is 382 g/mol. The Bertz CT molecular complexity index is 820. The maximum Gasteiger partial charge on any atom is 0.180 e. The highest BCUT2D eigenvalue weighted by atomic mass is 16.3. The van der Waals surface area contributed by atoms with Crippen molar-refractivity contribution < 1.29 is 5.11 Å². The Morgan fingerprint density at radius 2 is 2.07 bits per heavy atom. The summed E-state index contributed by atoms with van der Waals surface area (Å²) in [6, 6.07) is 8.54. The summed E-state index contributed by atoms with van der Waals surface area (Å²) >= 11 is 0. The lowest BCUT2D eigenvalue weighted by molar-refractivity contribution is 0.108. The molecule has 3 N–H and O–H groups in total. The molecule has 1 aromatic carbocycles. The number of H-pyrrole nitrogens is 1. The summed E-state index contributed by atoms with van der Waals surface area (Å²) in [4.78, 5) is 8.74. The third-order valence-corrected chi connectivity index (χ3v) is 5.04. The summed E-state index contributed by atoms with van der Waals surface area (Å²) in [5.74, 6) is 0.618. The van der Waals surface area contributed by atoms with Gasteiger partial charge in [0.05, 0.1) is 6.61 Å². The number of aliphatic hydroxyl groups is 1. The topological polar surface area (TPSA) is 79.8 Å². The van der Waals surface area contributed by atoms with Gasteiger partial charge in [-0.1, -0.05) is 12.1 Å². The first kappa shape index (κ1) is 20.3. The fraction of sp³-hybridized carbons (Fsp3) is 0.429. The van der Waals surface area contributed by atoms with Crippen LogP contribution < -0.4 is 5.32 Å². The van der Waals surface area contributed by atoms with Crippen LogP contribution in [0.25, 0.3) is 6.08 Å². The molecule has 150 valence electrons. The third kappa shape index (κ3) is 5.28. The normalized spacial score (nSPS) is 16.3. The number of hydrogen-bond acceptors (Lipinski definition) is 6. The number of allylic oxidation sites excluding steroid dienone is 1. The number of aliphatic imine (C=N–C) groups is 1. The molecule has 2 aromatic rings. The summed E-state index contributed by atoms with van der Waals surface area (Å²) in [7, 11) is 0. The fourth-order valence-corrected chi connectivity index (χ4v) is 3.52. The van der Waals surface area contributed by atoms with E-state index in [-0.39, 0.29) is 6.61 Å². The molecule has 0 spiro atoms. The van der Waals surface area contributed by atoms with E-state index in [2.05, 4.69) is 61.3 Å². The Morgan fingerprint density at radius 1 is 1.32 bits per heavy atom. The van der Waals surface area contributed by atoms with E-state index < -0.39 is 0 Å². The molecule has 0 amide bonds. The van der Waals surface area contributed by atoms with E-state index in [1.54, 1.807) is 0 Å². The van der Waals surface area contributed by atoms with E-state index in [1.165, 1.54) is 5.56 Å². The molecule has 1 aliphatic heterocycles. The molecular formula is C21H30N6O. The van der Waals surface area contributed by atoms with Gasteiger partial charge in [-0.3, -0.25) is 14.9 Å². The van der Waals surface area contributed by atoms with Gasteiger partial charge in [0, 0.05) is 61.9 Å². The van der Waals surface area contributed by atoms with Gasteiger partial charge >= 0.3 is 0 Å². The molecule has 0 saturated carbocycles. The second-order valence-corrected chi connectivity index (χ2v) is 7.24. The maximum atomic E-state index is 9.07. The zero-order valence-electron chi connectivity index (χ0n) is 16.8. The summed E-state index contributed by atoms with van der Waals surface area (Å²) < 4.78 is 0. The van der Waals surface area contributed by atoms with Crippen molar-refractivity contribution in [1.82, 2.24) is 20.0 Å². The van der Waals surface area contributed by atoms with E-state index in [4.69, 9.17) is 5.11 Å². The molecule has 0 unspecified atom stereocenters. The van der Waals surface area contributed by atoms with Gasteiger partial charge < -0.3 is 10.4 Å². The van der Waals surface area contributed by atoms with Crippen LogP contribution in [0.4, 0.5) is 11.5 Å². The number of aryl methyl sites for hydroxylation is 1. The SMILES string of the molecule is C=Nc1n[nH]c(C)c1/C=C(\C)Nc1cccc(CN2CCN(CCO)CC2)c1. The average molecular weight is 383 g/mol. The van der Waals surface area contributed by atoms with Crippen molar-refractivity contribution in [3.63, 3.8) is 0 Å². The van der Waals surface area contributed by atoms with Gasteiger partial charge in [-0.2, -0.15) is 5.10 Å². The molecule has 0 atom stereocenters. The van der Waals surface area contributed by atoms with Crippen molar-refractivity contribution in [3.8, 4) is 0 Å². The first-order valence-corrected chi connectivity index (χ1v) is 9.70. The second kappa shape index (κ2) is 9.64. The molecule has 0 bridgehead atoms. The molecule has 28 heavy (non-hydrogen) atoms. The van der Waals surface area contributed by atoms with Gasteiger partial charge in [0.1, 0.15) is 0 Å². The largest absolute Gasteiger partial charge is 0.395 e.